The quantitative estimate of drug-likeness (QED) is 0.0965. The van der Waals surface area contributed by atoms with Gasteiger partial charge in [0.05, 0.1) is 17.7 Å². The van der Waals surface area contributed by atoms with Gasteiger partial charge in [-0.05, 0) is 152 Å². The molecule has 0 amide bonds. The number of fused-ring (bicyclic) bond motifs is 1. The number of carbonyl (C=O) groups is 1. The number of hydrogen-bond acceptors (Lipinski definition) is 5. The Balaban J connectivity index is 1.66. The van der Waals surface area contributed by atoms with Gasteiger partial charge >= 0.3 is 5.97 Å². The molecule has 0 heterocycles. The minimum atomic E-state index is -0.407. The van der Waals surface area contributed by atoms with Gasteiger partial charge in [-0.2, -0.15) is 0 Å². The summed E-state index contributed by atoms with van der Waals surface area (Å²) in [6.45, 7) is 27.8. The van der Waals surface area contributed by atoms with Gasteiger partial charge in [-0.15, -0.1) is 0 Å². The molecular weight excluding hydrogens is 663 g/mol. The van der Waals surface area contributed by atoms with Gasteiger partial charge in [0, 0.05) is 47.7 Å². The average molecular weight is 732 g/mol. The van der Waals surface area contributed by atoms with Crippen LogP contribution in [-0.2, 0) is 9.53 Å². The maximum atomic E-state index is 12.3. The molecule has 5 nitrogen and oxygen atoms in total. The Morgan fingerprint density at radius 3 is 1.70 bits per heavy atom. The predicted octanol–water partition coefficient (Wildman–Crippen LogP) is 12.4. The summed E-state index contributed by atoms with van der Waals surface area (Å²) in [6.07, 6.45) is 9.26. The number of unbranched alkanes of at least 4 members (excludes halogenated alkanes) is 3. The second-order valence-corrected chi connectivity index (χ2v) is 16.9. The van der Waals surface area contributed by atoms with Crippen molar-refractivity contribution in [3.8, 4) is 0 Å². The highest BCUT2D eigenvalue weighted by Crippen LogP contribution is 2.39. The first-order chi connectivity index (χ1) is 25.7. The van der Waals surface area contributed by atoms with Gasteiger partial charge < -0.3 is 14.5 Å². The predicted molar refractivity (Wildman–Crippen MR) is 234 cm³/mol. The zero-order valence-corrected chi connectivity index (χ0v) is 35.6. The van der Waals surface area contributed by atoms with Crippen molar-refractivity contribution in [1.29, 1.82) is 0 Å². The van der Waals surface area contributed by atoms with Gasteiger partial charge in [0.25, 0.3) is 0 Å². The molecule has 0 bridgehead atoms. The first-order valence-electron chi connectivity index (χ1n) is 20.7. The summed E-state index contributed by atoms with van der Waals surface area (Å²) in [6, 6.07) is 28.8. The van der Waals surface area contributed by atoms with E-state index in [0.717, 1.165) is 44.4 Å². The van der Waals surface area contributed by atoms with E-state index in [-0.39, 0.29) is 5.97 Å². The molecule has 1 aliphatic rings. The normalized spacial score (nSPS) is 15.3. The summed E-state index contributed by atoms with van der Waals surface area (Å²) in [5.41, 5.74) is 10.4. The van der Waals surface area contributed by atoms with Crippen LogP contribution in [0.2, 0.25) is 0 Å². The maximum absolute atomic E-state index is 12.3. The van der Waals surface area contributed by atoms with Crippen molar-refractivity contribution in [3.05, 3.63) is 107 Å². The number of anilines is 2. The Kier molecular flexibility index (Phi) is 15.4. The van der Waals surface area contributed by atoms with E-state index in [4.69, 9.17) is 9.73 Å². The first kappa shape index (κ1) is 42.6. The molecule has 54 heavy (non-hydrogen) atoms. The fourth-order valence-corrected chi connectivity index (χ4v) is 7.51. The molecule has 1 unspecified atom stereocenters. The second-order valence-electron chi connectivity index (χ2n) is 16.9. The van der Waals surface area contributed by atoms with E-state index in [9.17, 15) is 4.79 Å². The largest absolute Gasteiger partial charge is 0.465 e. The first-order valence-corrected chi connectivity index (χ1v) is 20.7. The molecule has 3 aromatic rings. The van der Waals surface area contributed by atoms with Crippen LogP contribution < -0.4 is 9.80 Å². The standard InChI is InChI=1S/C49H69N3O2/c1-13-49(11,12)48(53)54-33-19-15-14-18-32-50-46-31-30-45(43-20-16-17-21-44(43)46)47(39-22-26-41(27-23-39)51(35(4)5)36(6)7)40-24-28-42(29-25-40)52(37(8)9)38(10)34(2)3/h16-17,20-31,34-38H,13-15,18-19,32-33H2,1-12H3. The van der Waals surface area contributed by atoms with E-state index in [1.165, 1.54) is 44.8 Å². The summed E-state index contributed by atoms with van der Waals surface area (Å²) in [5.74, 6) is 0.455. The van der Waals surface area contributed by atoms with Crippen LogP contribution in [0.1, 0.15) is 137 Å². The van der Waals surface area contributed by atoms with Crippen LogP contribution in [0.3, 0.4) is 0 Å². The lowest BCUT2D eigenvalue weighted by Gasteiger charge is -2.37. The number of carbonyl (C=O) groups excluding carboxylic acids is 1. The van der Waals surface area contributed by atoms with Crippen LogP contribution in [0.15, 0.2) is 89.9 Å². The van der Waals surface area contributed by atoms with E-state index < -0.39 is 5.41 Å². The molecule has 0 saturated heterocycles. The van der Waals surface area contributed by atoms with Gasteiger partial charge in [0.2, 0.25) is 0 Å². The molecule has 1 aliphatic carbocycles. The number of benzene rings is 3. The Morgan fingerprint density at radius 1 is 0.667 bits per heavy atom. The van der Waals surface area contributed by atoms with Crippen molar-refractivity contribution < 1.29 is 9.53 Å². The van der Waals surface area contributed by atoms with Gasteiger partial charge in [0.15, 0.2) is 0 Å². The number of allylic oxidation sites excluding steroid dienone is 3. The van der Waals surface area contributed by atoms with E-state index in [1.54, 1.807) is 0 Å². The van der Waals surface area contributed by atoms with Crippen molar-refractivity contribution in [2.24, 2.45) is 16.3 Å². The molecule has 0 aromatic heterocycles. The van der Waals surface area contributed by atoms with Crippen molar-refractivity contribution in [1.82, 2.24) is 0 Å². The summed E-state index contributed by atoms with van der Waals surface area (Å²) in [5, 5.41) is 0. The number of rotatable bonds is 18. The lowest BCUT2D eigenvalue weighted by molar-refractivity contribution is -0.154. The van der Waals surface area contributed by atoms with E-state index in [2.05, 4.69) is 157 Å². The van der Waals surface area contributed by atoms with Crippen LogP contribution in [-0.4, -0.2) is 49.0 Å². The van der Waals surface area contributed by atoms with Crippen molar-refractivity contribution >= 4 is 34.2 Å². The summed E-state index contributed by atoms with van der Waals surface area (Å²) < 4.78 is 5.53. The molecule has 3 aromatic carbocycles. The molecule has 0 radical (unpaired) electrons. The van der Waals surface area contributed by atoms with Gasteiger partial charge in [0.1, 0.15) is 0 Å². The van der Waals surface area contributed by atoms with Crippen LogP contribution in [0.4, 0.5) is 11.4 Å². The summed E-state index contributed by atoms with van der Waals surface area (Å²) in [7, 11) is 0. The van der Waals surface area contributed by atoms with Crippen LogP contribution >= 0.6 is 0 Å². The monoisotopic (exact) mass is 732 g/mol. The smallest absolute Gasteiger partial charge is 0.311 e. The molecule has 0 saturated carbocycles. The zero-order chi connectivity index (χ0) is 39.6. The number of ether oxygens (including phenoxy) is 1. The summed E-state index contributed by atoms with van der Waals surface area (Å²) in [4.78, 5) is 22.4. The molecule has 1 atom stereocenters. The van der Waals surface area contributed by atoms with Gasteiger partial charge in [-0.25, -0.2) is 0 Å². The van der Waals surface area contributed by atoms with Gasteiger partial charge in [-0.3, -0.25) is 9.79 Å². The SMILES string of the molecule is CCC(C)(C)C(=O)OCCCCCCN=C1C=CC(=C(c2ccc(N(C(C)C)C(C)C)cc2)c2ccc(N(C(C)C)C(C)C(C)C)cc2)c2ccccc21. The Bertz CT molecular complexity index is 1730. The number of hydrogen-bond donors (Lipinski definition) is 0. The minimum Gasteiger partial charge on any atom is -0.465 e. The molecular formula is C49H69N3O2. The molecule has 4 rings (SSSR count). The van der Waals surface area contributed by atoms with Crippen molar-refractivity contribution in [3.63, 3.8) is 0 Å². The number of esters is 1. The lowest BCUT2D eigenvalue weighted by Crippen LogP contribution is -2.41. The molecule has 5 heteroatoms. The maximum Gasteiger partial charge on any atom is 0.311 e. The second kappa shape index (κ2) is 19.5. The lowest BCUT2D eigenvalue weighted by atomic mass is 9.83. The highest BCUT2D eigenvalue weighted by atomic mass is 16.5. The number of aliphatic imine (C=N–C) groups is 1. The van der Waals surface area contributed by atoms with E-state index >= 15 is 0 Å². The highest BCUT2D eigenvalue weighted by Gasteiger charge is 2.27. The third kappa shape index (κ3) is 10.5. The fraction of sp³-hybridized carbons (Fsp3) is 0.510. The fourth-order valence-electron chi connectivity index (χ4n) is 7.51. The highest BCUT2D eigenvalue weighted by molar-refractivity contribution is 6.19. The third-order valence-corrected chi connectivity index (χ3v) is 11.2. The van der Waals surface area contributed by atoms with Crippen LogP contribution in [0.5, 0.6) is 0 Å². The molecule has 292 valence electrons. The van der Waals surface area contributed by atoms with Crippen LogP contribution in [0, 0.1) is 11.3 Å². The summed E-state index contributed by atoms with van der Waals surface area (Å²) >= 11 is 0. The third-order valence-electron chi connectivity index (χ3n) is 11.2. The Labute approximate surface area is 328 Å². The zero-order valence-electron chi connectivity index (χ0n) is 35.6. The van der Waals surface area contributed by atoms with Crippen molar-refractivity contribution in [2.75, 3.05) is 23.0 Å². The van der Waals surface area contributed by atoms with Crippen molar-refractivity contribution in [2.45, 2.75) is 139 Å². The minimum absolute atomic E-state index is 0.0947. The van der Waals surface area contributed by atoms with Gasteiger partial charge in [-0.1, -0.05) is 81.8 Å². The topological polar surface area (TPSA) is 45.1 Å². The van der Waals surface area contributed by atoms with Crippen LogP contribution in [0.25, 0.3) is 11.1 Å². The Morgan fingerprint density at radius 2 is 1.19 bits per heavy atom. The molecule has 0 N–H and O–H groups in total. The molecule has 0 spiro atoms. The molecule has 0 fully saturated rings. The Hall–Kier alpha value is -4.12. The number of nitrogens with zero attached hydrogens (tertiary/aromatic N) is 3. The average Bonchev–Trinajstić information content (AvgIpc) is 3.14. The molecule has 0 aliphatic heterocycles. The van der Waals surface area contributed by atoms with E-state index in [1.807, 2.05) is 20.8 Å². The van der Waals surface area contributed by atoms with E-state index in [0.29, 0.717) is 36.7 Å².